The Kier molecular flexibility index (Phi) is 4.19. The maximum Gasteiger partial charge on any atom is 0.257 e. The summed E-state index contributed by atoms with van der Waals surface area (Å²) in [7, 11) is 1.57. The molecule has 0 saturated carbocycles. The fourth-order valence-electron chi connectivity index (χ4n) is 2.85. The topological polar surface area (TPSA) is 48.0 Å². The number of benzene rings is 1. The molecule has 0 unspecified atom stereocenters. The number of halogens is 1. The Bertz CT molecular complexity index is 532. The average molecular weight is 356 g/mol. The molecule has 3 rings (SSSR count). The van der Waals surface area contributed by atoms with Crippen LogP contribution < -0.4 is 4.74 Å². The van der Waals surface area contributed by atoms with Gasteiger partial charge in [0.2, 0.25) is 0 Å². The largest absolute Gasteiger partial charge is 0.496 e. The van der Waals surface area contributed by atoms with E-state index in [4.69, 9.17) is 14.2 Å². The van der Waals surface area contributed by atoms with Crippen LogP contribution in [0.1, 0.15) is 23.2 Å². The number of hydrogen-bond acceptors (Lipinski definition) is 4. The Morgan fingerprint density at radius 3 is 2.57 bits per heavy atom. The molecule has 1 amide bonds. The standard InChI is InChI=1S/C15H18BrNO4/c1-19-13-3-2-11(16)10-12(13)14(18)17-6-4-15(5-7-17)20-8-9-21-15/h2-3,10H,4-9H2,1H3. The predicted molar refractivity (Wildman–Crippen MR) is 80.5 cm³/mol. The normalized spacial score (nSPS) is 20.8. The van der Waals surface area contributed by atoms with E-state index in [1.165, 1.54) is 0 Å². The number of likely N-dealkylation sites (tertiary alicyclic amines) is 1. The third kappa shape index (κ3) is 2.93. The van der Waals surface area contributed by atoms with Crippen molar-refractivity contribution in [2.24, 2.45) is 0 Å². The van der Waals surface area contributed by atoms with Crippen molar-refractivity contribution < 1.29 is 19.0 Å². The minimum atomic E-state index is -0.460. The lowest BCUT2D eigenvalue weighted by atomic mass is 10.0. The third-order valence-corrected chi connectivity index (χ3v) is 4.51. The molecular weight excluding hydrogens is 338 g/mol. The highest BCUT2D eigenvalue weighted by Crippen LogP contribution is 2.33. The number of piperidine rings is 1. The third-order valence-electron chi connectivity index (χ3n) is 4.02. The number of carbonyl (C=O) groups excluding carboxylic acids is 1. The molecule has 1 spiro atoms. The Morgan fingerprint density at radius 1 is 1.29 bits per heavy atom. The van der Waals surface area contributed by atoms with Crippen LogP contribution >= 0.6 is 15.9 Å². The summed E-state index contributed by atoms with van der Waals surface area (Å²) in [6.07, 6.45) is 1.43. The summed E-state index contributed by atoms with van der Waals surface area (Å²) in [5, 5.41) is 0. The molecule has 1 aromatic rings. The van der Waals surface area contributed by atoms with Crippen molar-refractivity contribution in [3.8, 4) is 5.75 Å². The van der Waals surface area contributed by atoms with Crippen LogP contribution in [0.4, 0.5) is 0 Å². The summed E-state index contributed by atoms with van der Waals surface area (Å²) < 4.78 is 17.5. The molecule has 2 saturated heterocycles. The van der Waals surface area contributed by atoms with Crippen LogP contribution in [0.5, 0.6) is 5.75 Å². The second-order valence-corrected chi connectivity index (χ2v) is 6.16. The van der Waals surface area contributed by atoms with Gasteiger partial charge in [-0.25, -0.2) is 0 Å². The molecule has 21 heavy (non-hydrogen) atoms. The maximum absolute atomic E-state index is 12.7. The van der Waals surface area contributed by atoms with E-state index < -0.39 is 5.79 Å². The molecule has 0 N–H and O–H groups in total. The number of hydrogen-bond donors (Lipinski definition) is 0. The van der Waals surface area contributed by atoms with Gasteiger partial charge in [-0.05, 0) is 18.2 Å². The van der Waals surface area contributed by atoms with Gasteiger partial charge < -0.3 is 19.1 Å². The van der Waals surface area contributed by atoms with Gasteiger partial charge in [0.1, 0.15) is 5.75 Å². The van der Waals surface area contributed by atoms with E-state index in [1.807, 2.05) is 11.0 Å². The molecule has 0 aromatic heterocycles. The van der Waals surface area contributed by atoms with Gasteiger partial charge in [-0.1, -0.05) is 15.9 Å². The zero-order valence-corrected chi connectivity index (χ0v) is 13.5. The monoisotopic (exact) mass is 355 g/mol. The number of nitrogens with zero attached hydrogens (tertiary/aromatic N) is 1. The molecule has 0 radical (unpaired) electrons. The van der Waals surface area contributed by atoms with Gasteiger partial charge in [-0.2, -0.15) is 0 Å². The Hall–Kier alpha value is -1.11. The number of ether oxygens (including phenoxy) is 3. The first-order chi connectivity index (χ1) is 10.1. The SMILES string of the molecule is COc1ccc(Br)cc1C(=O)N1CCC2(CC1)OCCO2. The molecule has 0 bridgehead atoms. The summed E-state index contributed by atoms with van der Waals surface area (Å²) in [6.45, 7) is 2.56. The van der Waals surface area contributed by atoms with Crippen LogP contribution in [0.15, 0.2) is 22.7 Å². The zero-order valence-electron chi connectivity index (χ0n) is 11.9. The minimum Gasteiger partial charge on any atom is -0.496 e. The van der Waals surface area contributed by atoms with Crippen molar-refractivity contribution in [3.05, 3.63) is 28.2 Å². The molecule has 0 aliphatic carbocycles. The molecule has 114 valence electrons. The van der Waals surface area contributed by atoms with E-state index in [0.29, 0.717) is 37.6 Å². The molecule has 2 aliphatic rings. The van der Waals surface area contributed by atoms with Crippen LogP contribution in [0, 0.1) is 0 Å². The smallest absolute Gasteiger partial charge is 0.257 e. The van der Waals surface area contributed by atoms with Gasteiger partial charge >= 0.3 is 0 Å². The first-order valence-electron chi connectivity index (χ1n) is 7.04. The second-order valence-electron chi connectivity index (χ2n) is 5.24. The van der Waals surface area contributed by atoms with Crippen molar-refractivity contribution >= 4 is 21.8 Å². The molecule has 2 heterocycles. The van der Waals surface area contributed by atoms with Gasteiger partial charge in [0.25, 0.3) is 5.91 Å². The second kappa shape index (κ2) is 5.94. The molecule has 1 aromatic carbocycles. The van der Waals surface area contributed by atoms with Crippen LogP contribution in [0.3, 0.4) is 0 Å². The lowest BCUT2D eigenvalue weighted by Gasteiger charge is -2.37. The van der Waals surface area contributed by atoms with E-state index in [1.54, 1.807) is 19.2 Å². The minimum absolute atomic E-state index is 0.0130. The first-order valence-corrected chi connectivity index (χ1v) is 7.84. The molecule has 2 fully saturated rings. The van der Waals surface area contributed by atoms with Crippen molar-refractivity contribution in [2.45, 2.75) is 18.6 Å². The molecule has 2 aliphatic heterocycles. The lowest BCUT2D eigenvalue weighted by Crippen LogP contribution is -2.47. The number of carbonyl (C=O) groups is 1. The number of rotatable bonds is 2. The van der Waals surface area contributed by atoms with E-state index in [9.17, 15) is 4.79 Å². The molecule has 0 atom stereocenters. The highest BCUT2D eigenvalue weighted by Gasteiger charge is 2.41. The predicted octanol–water partition coefficient (Wildman–Crippen LogP) is 2.44. The van der Waals surface area contributed by atoms with E-state index >= 15 is 0 Å². The highest BCUT2D eigenvalue weighted by atomic mass is 79.9. The van der Waals surface area contributed by atoms with Crippen molar-refractivity contribution in [3.63, 3.8) is 0 Å². The van der Waals surface area contributed by atoms with Crippen molar-refractivity contribution in [1.29, 1.82) is 0 Å². The molecule has 5 nitrogen and oxygen atoms in total. The fourth-order valence-corrected chi connectivity index (χ4v) is 3.21. The van der Waals surface area contributed by atoms with Gasteiger partial charge in [-0.3, -0.25) is 4.79 Å². The van der Waals surface area contributed by atoms with Gasteiger partial charge in [-0.15, -0.1) is 0 Å². The van der Waals surface area contributed by atoms with Crippen LogP contribution in [-0.4, -0.2) is 50.0 Å². The summed E-state index contributed by atoms with van der Waals surface area (Å²) in [5.41, 5.74) is 0.580. The molecular formula is C15H18BrNO4. The Morgan fingerprint density at radius 2 is 1.95 bits per heavy atom. The fraction of sp³-hybridized carbons (Fsp3) is 0.533. The van der Waals surface area contributed by atoms with Crippen LogP contribution in [0.2, 0.25) is 0 Å². The highest BCUT2D eigenvalue weighted by molar-refractivity contribution is 9.10. The number of methoxy groups -OCH3 is 1. The van der Waals surface area contributed by atoms with Crippen LogP contribution in [-0.2, 0) is 9.47 Å². The summed E-state index contributed by atoms with van der Waals surface area (Å²) in [4.78, 5) is 14.5. The summed E-state index contributed by atoms with van der Waals surface area (Å²) in [6, 6.07) is 5.46. The van der Waals surface area contributed by atoms with Gasteiger partial charge in [0, 0.05) is 30.4 Å². The average Bonchev–Trinajstić information content (AvgIpc) is 2.95. The Labute approximate surface area is 132 Å². The van der Waals surface area contributed by atoms with E-state index in [2.05, 4.69) is 15.9 Å². The van der Waals surface area contributed by atoms with Gasteiger partial charge in [0.05, 0.1) is 25.9 Å². The van der Waals surface area contributed by atoms with Crippen LogP contribution in [0.25, 0.3) is 0 Å². The maximum atomic E-state index is 12.7. The first kappa shape index (κ1) is 14.8. The van der Waals surface area contributed by atoms with Crippen molar-refractivity contribution in [2.75, 3.05) is 33.4 Å². The van der Waals surface area contributed by atoms with Gasteiger partial charge in [0.15, 0.2) is 5.79 Å². The quantitative estimate of drug-likeness (QED) is 0.817. The summed E-state index contributed by atoms with van der Waals surface area (Å²) >= 11 is 3.40. The summed E-state index contributed by atoms with van der Waals surface area (Å²) in [5.74, 6) is 0.121. The van der Waals surface area contributed by atoms with E-state index in [0.717, 1.165) is 17.3 Å². The van der Waals surface area contributed by atoms with Crippen molar-refractivity contribution in [1.82, 2.24) is 4.90 Å². The van der Waals surface area contributed by atoms with E-state index in [-0.39, 0.29) is 5.91 Å². The molecule has 6 heteroatoms. The number of amides is 1. The lowest BCUT2D eigenvalue weighted by molar-refractivity contribution is -0.181. The zero-order chi connectivity index (χ0) is 14.9. The Balaban J connectivity index is 1.73.